The zero-order valence-electron chi connectivity index (χ0n) is 6.96. The van der Waals surface area contributed by atoms with Crippen LogP contribution in [0.3, 0.4) is 0 Å². The number of hydrogen-bond donors (Lipinski definition) is 0. The number of rotatable bonds is 1. The van der Waals surface area contributed by atoms with Crippen LogP contribution in [-0.2, 0) is 0 Å². The molecule has 1 aliphatic heterocycles. The fourth-order valence-electron chi connectivity index (χ4n) is 0.996. The Kier molecular flexibility index (Phi) is 2.22. The molecule has 0 N–H and O–H groups in total. The van der Waals surface area contributed by atoms with Crippen molar-refractivity contribution in [2.45, 2.75) is 6.42 Å². The lowest BCUT2D eigenvalue weighted by atomic mass is 10.3. The van der Waals surface area contributed by atoms with E-state index < -0.39 is 0 Å². The lowest BCUT2D eigenvalue weighted by Gasteiger charge is -1.95. The maximum Gasteiger partial charge on any atom is 0.181 e. The van der Waals surface area contributed by atoms with E-state index in [0.717, 1.165) is 12.1 Å². The summed E-state index contributed by atoms with van der Waals surface area (Å²) in [6.45, 7) is 0. The van der Waals surface area contributed by atoms with Gasteiger partial charge in [-0.15, -0.1) is 0 Å². The van der Waals surface area contributed by atoms with Gasteiger partial charge < -0.3 is 0 Å². The van der Waals surface area contributed by atoms with Crippen molar-refractivity contribution < 1.29 is 0 Å². The maximum atomic E-state index is 4.21. The Morgan fingerprint density at radius 3 is 2.85 bits per heavy atom. The molecule has 0 radical (unpaired) electrons. The number of nitrogens with zero attached hydrogens (tertiary/aromatic N) is 4. The highest BCUT2D eigenvalue weighted by molar-refractivity contribution is 5.74. The second kappa shape index (κ2) is 3.71. The van der Waals surface area contributed by atoms with Gasteiger partial charge in [0, 0.05) is 12.6 Å². The quantitative estimate of drug-likeness (QED) is 0.640. The zero-order valence-corrected chi connectivity index (χ0v) is 6.96. The number of aliphatic imine (C=N–C) groups is 1. The summed E-state index contributed by atoms with van der Waals surface area (Å²) in [5.41, 5.74) is 0.774. The van der Waals surface area contributed by atoms with Gasteiger partial charge >= 0.3 is 0 Å². The molecule has 0 amide bonds. The summed E-state index contributed by atoms with van der Waals surface area (Å²) in [4.78, 5) is 16.0. The van der Waals surface area contributed by atoms with Crippen LogP contribution in [0.1, 0.15) is 12.2 Å². The molecule has 0 saturated heterocycles. The van der Waals surface area contributed by atoms with E-state index in [9.17, 15) is 0 Å². The highest BCUT2D eigenvalue weighted by Crippen LogP contribution is 2.11. The van der Waals surface area contributed by atoms with Crippen LogP contribution in [0, 0.1) is 0 Å². The SMILES string of the molecule is C1=CCC=NC(c2ncncn2)=C1. The Balaban J connectivity index is 2.36. The molecule has 0 aliphatic carbocycles. The largest absolute Gasteiger partial charge is 0.257 e. The fourth-order valence-corrected chi connectivity index (χ4v) is 0.996. The predicted molar refractivity (Wildman–Crippen MR) is 50.1 cm³/mol. The Bertz CT molecular complexity index is 364. The van der Waals surface area contributed by atoms with Crippen molar-refractivity contribution in [1.29, 1.82) is 0 Å². The molecular formula is C9H8N4. The van der Waals surface area contributed by atoms with Crippen molar-refractivity contribution in [3.8, 4) is 0 Å². The van der Waals surface area contributed by atoms with Gasteiger partial charge in [0.05, 0.1) is 0 Å². The van der Waals surface area contributed by atoms with E-state index in [-0.39, 0.29) is 0 Å². The maximum absolute atomic E-state index is 4.21. The molecule has 0 unspecified atom stereocenters. The molecule has 1 aromatic rings. The molecule has 0 bridgehead atoms. The summed E-state index contributed by atoms with van der Waals surface area (Å²) < 4.78 is 0. The minimum absolute atomic E-state index is 0.609. The molecule has 1 aromatic heterocycles. The Labute approximate surface area is 75.8 Å². The average molecular weight is 172 g/mol. The van der Waals surface area contributed by atoms with Crippen LogP contribution in [0.5, 0.6) is 0 Å². The van der Waals surface area contributed by atoms with E-state index in [1.165, 1.54) is 12.7 Å². The van der Waals surface area contributed by atoms with Crippen LogP contribution >= 0.6 is 0 Å². The molecule has 0 saturated carbocycles. The third kappa shape index (κ3) is 1.84. The van der Waals surface area contributed by atoms with Crippen LogP contribution in [0.2, 0.25) is 0 Å². The summed E-state index contributed by atoms with van der Waals surface area (Å²) >= 11 is 0. The average Bonchev–Trinajstić information content (AvgIpc) is 2.47. The fraction of sp³-hybridized carbons (Fsp3) is 0.111. The minimum atomic E-state index is 0.609. The smallest absolute Gasteiger partial charge is 0.181 e. The van der Waals surface area contributed by atoms with Gasteiger partial charge in [-0.3, -0.25) is 4.99 Å². The number of aromatic nitrogens is 3. The molecular weight excluding hydrogens is 164 g/mol. The second-order valence-corrected chi connectivity index (χ2v) is 2.49. The molecule has 2 heterocycles. The van der Waals surface area contributed by atoms with Crippen LogP contribution in [0.25, 0.3) is 5.70 Å². The molecule has 0 spiro atoms. The predicted octanol–water partition coefficient (Wildman–Crippen LogP) is 1.24. The second-order valence-electron chi connectivity index (χ2n) is 2.49. The highest BCUT2D eigenvalue weighted by atomic mass is 15.0. The molecule has 1 aliphatic rings. The van der Waals surface area contributed by atoms with Crippen molar-refractivity contribution in [3.63, 3.8) is 0 Å². The first-order valence-corrected chi connectivity index (χ1v) is 3.98. The van der Waals surface area contributed by atoms with Gasteiger partial charge in [-0.25, -0.2) is 15.0 Å². The van der Waals surface area contributed by atoms with Crippen LogP contribution in [0.15, 0.2) is 35.9 Å². The Morgan fingerprint density at radius 1 is 1.15 bits per heavy atom. The van der Waals surface area contributed by atoms with Gasteiger partial charge in [0.1, 0.15) is 18.4 Å². The number of hydrogen-bond acceptors (Lipinski definition) is 4. The van der Waals surface area contributed by atoms with Crippen LogP contribution in [0.4, 0.5) is 0 Å². The van der Waals surface area contributed by atoms with E-state index in [2.05, 4.69) is 19.9 Å². The summed E-state index contributed by atoms with van der Waals surface area (Å²) in [5.74, 6) is 0.609. The highest BCUT2D eigenvalue weighted by Gasteiger charge is 2.01. The third-order valence-electron chi connectivity index (χ3n) is 1.58. The molecule has 0 aromatic carbocycles. The Hall–Kier alpha value is -1.84. The minimum Gasteiger partial charge on any atom is -0.257 e. The lowest BCUT2D eigenvalue weighted by molar-refractivity contribution is 1.01. The van der Waals surface area contributed by atoms with Crippen molar-refractivity contribution in [1.82, 2.24) is 15.0 Å². The van der Waals surface area contributed by atoms with Gasteiger partial charge in [-0.2, -0.15) is 0 Å². The van der Waals surface area contributed by atoms with Gasteiger partial charge in [-0.05, 0) is 6.08 Å². The summed E-state index contributed by atoms with van der Waals surface area (Å²) in [6, 6.07) is 0. The van der Waals surface area contributed by atoms with Crippen molar-refractivity contribution in [3.05, 3.63) is 36.7 Å². The van der Waals surface area contributed by atoms with E-state index in [4.69, 9.17) is 0 Å². The van der Waals surface area contributed by atoms with Crippen molar-refractivity contribution >= 4 is 11.9 Å². The third-order valence-corrected chi connectivity index (χ3v) is 1.58. The molecule has 4 heteroatoms. The van der Waals surface area contributed by atoms with E-state index in [1.54, 1.807) is 0 Å². The van der Waals surface area contributed by atoms with Gasteiger partial charge in [0.2, 0.25) is 0 Å². The lowest BCUT2D eigenvalue weighted by Crippen LogP contribution is -1.92. The standard InChI is InChI=1S/C9H8N4/c1-2-4-8(11-5-3-1)9-12-6-10-7-13-9/h1-2,4-7H,3H2. The summed E-state index contributed by atoms with van der Waals surface area (Å²) in [5, 5.41) is 0. The van der Waals surface area contributed by atoms with Gasteiger partial charge in [0.25, 0.3) is 0 Å². The number of allylic oxidation sites excluding steroid dienone is 3. The monoisotopic (exact) mass is 172 g/mol. The molecule has 0 fully saturated rings. The molecule has 64 valence electrons. The molecule has 13 heavy (non-hydrogen) atoms. The first kappa shape index (κ1) is 7.79. The summed E-state index contributed by atoms with van der Waals surface area (Å²) in [6.07, 6.45) is 11.5. The van der Waals surface area contributed by atoms with E-state index in [1.807, 2.05) is 24.4 Å². The first-order chi connectivity index (χ1) is 6.47. The van der Waals surface area contributed by atoms with E-state index in [0.29, 0.717) is 5.82 Å². The van der Waals surface area contributed by atoms with Gasteiger partial charge in [-0.1, -0.05) is 12.2 Å². The molecule has 4 nitrogen and oxygen atoms in total. The summed E-state index contributed by atoms with van der Waals surface area (Å²) in [7, 11) is 0. The van der Waals surface area contributed by atoms with Crippen molar-refractivity contribution in [2.75, 3.05) is 0 Å². The molecule has 0 atom stereocenters. The van der Waals surface area contributed by atoms with Crippen molar-refractivity contribution in [2.24, 2.45) is 4.99 Å². The zero-order chi connectivity index (χ0) is 8.93. The van der Waals surface area contributed by atoms with E-state index >= 15 is 0 Å². The topological polar surface area (TPSA) is 51.0 Å². The molecule has 2 rings (SSSR count). The normalized spacial score (nSPS) is 15.2. The van der Waals surface area contributed by atoms with Gasteiger partial charge in [0.15, 0.2) is 5.82 Å². The Morgan fingerprint density at radius 2 is 2.00 bits per heavy atom. The van der Waals surface area contributed by atoms with Crippen LogP contribution < -0.4 is 0 Å². The van der Waals surface area contributed by atoms with Crippen LogP contribution in [-0.4, -0.2) is 21.2 Å². The first-order valence-electron chi connectivity index (χ1n) is 3.98.